The number of hydrogen-bond acceptors (Lipinski definition) is 5. The van der Waals surface area contributed by atoms with Gasteiger partial charge in [0.05, 0.1) is 12.3 Å². The summed E-state index contributed by atoms with van der Waals surface area (Å²) in [5.74, 6) is -0.804. The van der Waals surface area contributed by atoms with Crippen molar-refractivity contribution in [2.24, 2.45) is 12.5 Å². The fraction of sp³-hybridized carbons (Fsp3) is 0.438. The van der Waals surface area contributed by atoms with Crippen LogP contribution in [-0.2, 0) is 23.1 Å². The first-order valence-corrected chi connectivity index (χ1v) is 7.55. The van der Waals surface area contributed by atoms with Gasteiger partial charge in [0.25, 0.3) is 0 Å². The molecule has 1 aliphatic rings. The third kappa shape index (κ3) is 3.25. The van der Waals surface area contributed by atoms with E-state index in [0.717, 1.165) is 16.8 Å². The molecule has 1 saturated heterocycles. The molecule has 23 heavy (non-hydrogen) atoms. The molecule has 0 bridgehead atoms. The number of aliphatic carboxylic acids is 1. The third-order valence-corrected chi connectivity index (χ3v) is 4.18. The molecule has 2 aromatic rings. The van der Waals surface area contributed by atoms with Crippen LogP contribution >= 0.6 is 0 Å². The Balaban J connectivity index is 1.71. The maximum Gasteiger partial charge on any atom is 0.313 e. The predicted octanol–water partition coefficient (Wildman–Crippen LogP) is 1.06. The van der Waals surface area contributed by atoms with Crippen molar-refractivity contribution in [3.8, 4) is 11.3 Å². The number of carboxylic acids is 1. The summed E-state index contributed by atoms with van der Waals surface area (Å²) >= 11 is 0. The van der Waals surface area contributed by atoms with Gasteiger partial charge in [0, 0.05) is 56.5 Å². The number of hydrogen-bond donors (Lipinski definition) is 2. The molecule has 0 spiro atoms. The molecule has 1 fully saturated rings. The molecular weight excluding hydrogens is 296 g/mol. The van der Waals surface area contributed by atoms with E-state index >= 15 is 0 Å². The van der Waals surface area contributed by atoms with Gasteiger partial charge >= 0.3 is 5.97 Å². The fourth-order valence-electron chi connectivity index (χ4n) is 2.84. The van der Waals surface area contributed by atoms with Gasteiger partial charge in [0.1, 0.15) is 5.41 Å². The van der Waals surface area contributed by atoms with Crippen LogP contribution in [0.1, 0.15) is 12.0 Å². The van der Waals surface area contributed by atoms with Crippen molar-refractivity contribution in [3.63, 3.8) is 0 Å². The molecule has 0 radical (unpaired) electrons. The highest BCUT2D eigenvalue weighted by atomic mass is 16.5. The van der Waals surface area contributed by atoms with Gasteiger partial charge in [-0.1, -0.05) is 0 Å². The number of rotatable bonds is 6. The summed E-state index contributed by atoms with van der Waals surface area (Å²) in [4.78, 5) is 15.6. The number of nitrogens with zero attached hydrogens (tertiary/aromatic N) is 3. The first-order chi connectivity index (χ1) is 11.1. The first-order valence-electron chi connectivity index (χ1n) is 7.55. The van der Waals surface area contributed by atoms with Gasteiger partial charge in [-0.25, -0.2) is 0 Å². The Morgan fingerprint density at radius 1 is 1.57 bits per heavy atom. The molecule has 1 aliphatic heterocycles. The molecule has 1 atom stereocenters. The van der Waals surface area contributed by atoms with Crippen molar-refractivity contribution in [2.75, 3.05) is 19.8 Å². The van der Waals surface area contributed by atoms with Crippen LogP contribution in [0.4, 0.5) is 0 Å². The van der Waals surface area contributed by atoms with E-state index in [0.29, 0.717) is 26.1 Å². The third-order valence-electron chi connectivity index (χ3n) is 4.18. The first kappa shape index (κ1) is 15.6. The van der Waals surface area contributed by atoms with E-state index in [1.54, 1.807) is 17.1 Å². The Kier molecular flexibility index (Phi) is 4.40. The Hall–Kier alpha value is -2.25. The minimum atomic E-state index is -0.823. The second-order valence-electron chi connectivity index (χ2n) is 5.91. The Labute approximate surface area is 134 Å². The lowest BCUT2D eigenvalue weighted by Gasteiger charge is -2.22. The average molecular weight is 316 g/mol. The predicted molar refractivity (Wildman–Crippen MR) is 83.7 cm³/mol. The number of aryl methyl sites for hydroxylation is 1. The van der Waals surface area contributed by atoms with Crippen LogP contribution in [0, 0.1) is 5.41 Å². The lowest BCUT2D eigenvalue weighted by molar-refractivity contribution is -0.148. The molecule has 0 aliphatic carbocycles. The molecule has 2 N–H and O–H groups in total. The van der Waals surface area contributed by atoms with Crippen LogP contribution in [0.2, 0.25) is 0 Å². The van der Waals surface area contributed by atoms with Gasteiger partial charge in [0.2, 0.25) is 0 Å². The number of carboxylic acid groups (broad SMARTS) is 1. The van der Waals surface area contributed by atoms with Gasteiger partial charge < -0.3 is 15.2 Å². The fourth-order valence-corrected chi connectivity index (χ4v) is 2.84. The van der Waals surface area contributed by atoms with Gasteiger partial charge in [0.15, 0.2) is 0 Å². The van der Waals surface area contributed by atoms with Gasteiger partial charge in [-0.3, -0.25) is 14.5 Å². The van der Waals surface area contributed by atoms with Crippen LogP contribution in [-0.4, -0.2) is 45.6 Å². The lowest BCUT2D eigenvalue weighted by Crippen LogP contribution is -2.41. The summed E-state index contributed by atoms with van der Waals surface area (Å²) in [6.45, 7) is 1.69. The zero-order valence-electron chi connectivity index (χ0n) is 13.0. The SMILES string of the molecule is Cn1cc(CNCC2(C(=O)O)CCOC2)c(-c2cccnc2)n1. The number of aromatic nitrogens is 3. The Bertz CT molecular complexity index is 678. The van der Waals surface area contributed by atoms with E-state index in [9.17, 15) is 9.90 Å². The standard InChI is InChI=1S/C16H20N4O3/c1-20-9-13(14(19-20)12-3-2-5-17-7-12)8-18-10-16(15(21)22)4-6-23-11-16/h2-3,5,7,9,18H,4,6,8,10-11H2,1H3,(H,21,22). The molecule has 3 heterocycles. The van der Waals surface area contributed by atoms with E-state index in [1.807, 2.05) is 25.4 Å². The summed E-state index contributed by atoms with van der Waals surface area (Å²) in [7, 11) is 1.87. The van der Waals surface area contributed by atoms with Crippen LogP contribution in [0.3, 0.4) is 0 Å². The zero-order valence-corrected chi connectivity index (χ0v) is 13.0. The van der Waals surface area contributed by atoms with Gasteiger partial charge in [-0.05, 0) is 18.6 Å². The molecule has 1 unspecified atom stereocenters. The van der Waals surface area contributed by atoms with Crippen molar-refractivity contribution in [3.05, 3.63) is 36.3 Å². The molecule has 0 saturated carbocycles. The van der Waals surface area contributed by atoms with Crippen molar-refractivity contribution < 1.29 is 14.6 Å². The van der Waals surface area contributed by atoms with Gasteiger partial charge in [-0.15, -0.1) is 0 Å². The molecule has 7 nitrogen and oxygen atoms in total. The lowest BCUT2D eigenvalue weighted by atomic mass is 9.87. The Morgan fingerprint density at radius 2 is 2.43 bits per heavy atom. The summed E-state index contributed by atoms with van der Waals surface area (Å²) < 4.78 is 7.03. The van der Waals surface area contributed by atoms with E-state index in [2.05, 4.69) is 15.4 Å². The molecule has 0 amide bonds. The number of nitrogens with one attached hydrogen (secondary N) is 1. The van der Waals surface area contributed by atoms with Crippen molar-refractivity contribution in [2.45, 2.75) is 13.0 Å². The molecule has 0 aromatic carbocycles. The minimum absolute atomic E-state index is 0.262. The smallest absolute Gasteiger partial charge is 0.313 e. The van der Waals surface area contributed by atoms with E-state index < -0.39 is 11.4 Å². The highest BCUT2D eigenvalue weighted by Gasteiger charge is 2.42. The van der Waals surface area contributed by atoms with Crippen molar-refractivity contribution in [1.82, 2.24) is 20.1 Å². The summed E-state index contributed by atoms with van der Waals surface area (Å²) in [5.41, 5.74) is 2.00. The minimum Gasteiger partial charge on any atom is -0.481 e. The Morgan fingerprint density at radius 3 is 3.09 bits per heavy atom. The van der Waals surface area contributed by atoms with Crippen molar-refractivity contribution in [1.29, 1.82) is 0 Å². The summed E-state index contributed by atoms with van der Waals surface area (Å²) in [5, 5.41) is 17.2. The van der Waals surface area contributed by atoms with Crippen LogP contribution in [0.25, 0.3) is 11.3 Å². The highest BCUT2D eigenvalue weighted by Crippen LogP contribution is 2.28. The van der Waals surface area contributed by atoms with Crippen molar-refractivity contribution >= 4 is 5.97 Å². The van der Waals surface area contributed by atoms with E-state index in [4.69, 9.17) is 4.74 Å². The molecule has 3 rings (SSSR count). The van der Waals surface area contributed by atoms with E-state index in [-0.39, 0.29) is 6.61 Å². The largest absolute Gasteiger partial charge is 0.481 e. The topological polar surface area (TPSA) is 89.3 Å². The van der Waals surface area contributed by atoms with Gasteiger partial charge in [-0.2, -0.15) is 5.10 Å². The molecule has 2 aromatic heterocycles. The number of carbonyl (C=O) groups is 1. The molecule has 122 valence electrons. The maximum atomic E-state index is 11.5. The summed E-state index contributed by atoms with van der Waals surface area (Å²) in [6.07, 6.45) is 5.97. The highest BCUT2D eigenvalue weighted by molar-refractivity contribution is 5.75. The summed E-state index contributed by atoms with van der Waals surface area (Å²) in [6, 6.07) is 3.83. The number of pyridine rings is 1. The van der Waals surface area contributed by atoms with Crippen LogP contribution in [0.15, 0.2) is 30.7 Å². The normalized spacial score (nSPS) is 20.7. The van der Waals surface area contributed by atoms with E-state index in [1.165, 1.54) is 0 Å². The zero-order chi connectivity index (χ0) is 16.3. The van der Waals surface area contributed by atoms with Crippen LogP contribution in [0.5, 0.6) is 0 Å². The second-order valence-corrected chi connectivity index (χ2v) is 5.91. The number of ether oxygens (including phenoxy) is 1. The average Bonchev–Trinajstić information content (AvgIpc) is 3.16. The maximum absolute atomic E-state index is 11.5. The monoisotopic (exact) mass is 316 g/mol. The second kappa shape index (κ2) is 6.47. The van der Waals surface area contributed by atoms with Crippen LogP contribution < -0.4 is 5.32 Å². The quantitative estimate of drug-likeness (QED) is 0.828. The molecular formula is C16H20N4O3. The molecule has 7 heteroatoms.